The third-order valence-electron chi connectivity index (χ3n) is 3.30. The Balaban J connectivity index is 1.94. The molecule has 0 radical (unpaired) electrons. The zero-order chi connectivity index (χ0) is 12.5. The molecule has 1 aliphatic heterocycles. The van der Waals surface area contributed by atoms with Gasteiger partial charge in [-0.05, 0) is 23.8 Å². The van der Waals surface area contributed by atoms with Gasteiger partial charge >= 0.3 is 0 Å². The maximum absolute atomic E-state index is 9.52. The minimum absolute atomic E-state index is 0.0256. The Bertz CT molecular complexity index is 568. The molecule has 0 bridgehead atoms. The number of phenols is 1. The van der Waals surface area contributed by atoms with Crippen LogP contribution in [0.4, 0.5) is 0 Å². The highest BCUT2D eigenvalue weighted by atomic mass is 16.5. The van der Waals surface area contributed by atoms with E-state index in [1.165, 1.54) is 0 Å². The van der Waals surface area contributed by atoms with Gasteiger partial charge in [0.05, 0.1) is 0 Å². The lowest BCUT2D eigenvalue weighted by molar-refractivity contribution is 0.161. The quantitative estimate of drug-likeness (QED) is 0.807. The fourth-order valence-corrected chi connectivity index (χ4v) is 2.38. The molecule has 3 N–H and O–H groups in total. The van der Waals surface area contributed by atoms with Gasteiger partial charge in [-0.15, -0.1) is 0 Å². The van der Waals surface area contributed by atoms with Gasteiger partial charge in [-0.1, -0.05) is 30.3 Å². The molecule has 2 atom stereocenters. The zero-order valence-corrected chi connectivity index (χ0v) is 9.91. The molecular formula is C15H15NO2. The predicted octanol–water partition coefficient (Wildman–Crippen LogP) is 2.92. The van der Waals surface area contributed by atoms with Crippen molar-refractivity contribution in [1.82, 2.24) is 0 Å². The molecule has 2 aromatic carbocycles. The number of hydrogen-bond donors (Lipinski definition) is 2. The Labute approximate surface area is 106 Å². The first kappa shape index (κ1) is 11.1. The molecule has 3 rings (SSSR count). The molecule has 0 saturated carbocycles. The van der Waals surface area contributed by atoms with Crippen molar-refractivity contribution in [2.45, 2.75) is 18.6 Å². The molecule has 0 saturated heterocycles. The maximum atomic E-state index is 9.52. The standard InChI is InChI=1S/C15H15NO2/c16-13-9-15(10-4-3-5-11(17)8-10)18-14-7-2-1-6-12(13)14/h1-8,13,15,17H,9,16H2/t13-,15?/m1/s1. The highest BCUT2D eigenvalue weighted by Crippen LogP contribution is 2.39. The monoisotopic (exact) mass is 241 g/mol. The molecule has 92 valence electrons. The molecule has 3 nitrogen and oxygen atoms in total. The Morgan fingerprint density at radius 3 is 2.78 bits per heavy atom. The number of aromatic hydroxyl groups is 1. The van der Waals surface area contributed by atoms with E-state index in [2.05, 4.69) is 0 Å². The SMILES string of the molecule is N[C@@H]1CC(c2cccc(O)c2)Oc2ccccc21. The van der Waals surface area contributed by atoms with E-state index in [4.69, 9.17) is 10.5 Å². The highest BCUT2D eigenvalue weighted by molar-refractivity contribution is 5.39. The van der Waals surface area contributed by atoms with Crippen molar-refractivity contribution in [1.29, 1.82) is 0 Å². The number of fused-ring (bicyclic) bond motifs is 1. The number of rotatable bonds is 1. The number of benzene rings is 2. The van der Waals surface area contributed by atoms with Crippen molar-refractivity contribution in [3.63, 3.8) is 0 Å². The highest BCUT2D eigenvalue weighted by Gasteiger charge is 2.26. The van der Waals surface area contributed by atoms with Crippen LogP contribution in [0, 0.1) is 0 Å². The van der Waals surface area contributed by atoms with E-state index in [-0.39, 0.29) is 17.9 Å². The van der Waals surface area contributed by atoms with Gasteiger partial charge < -0.3 is 15.6 Å². The molecule has 2 aromatic rings. The summed E-state index contributed by atoms with van der Waals surface area (Å²) in [4.78, 5) is 0. The second-order valence-electron chi connectivity index (χ2n) is 4.58. The van der Waals surface area contributed by atoms with Crippen molar-refractivity contribution in [3.05, 3.63) is 59.7 Å². The molecule has 0 aliphatic carbocycles. The van der Waals surface area contributed by atoms with Gasteiger partial charge in [0.1, 0.15) is 17.6 Å². The summed E-state index contributed by atoms with van der Waals surface area (Å²) in [6.45, 7) is 0. The number of hydrogen-bond acceptors (Lipinski definition) is 3. The van der Waals surface area contributed by atoms with Crippen LogP contribution < -0.4 is 10.5 Å². The first-order chi connectivity index (χ1) is 8.74. The van der Waals surface area contributed by atoms with Crippen molar-refractivity contribution in [3.8, 4) is 11.5 Å². The summed E-state index contributed by atoms with van der Waals surface area (Å²) in [5, 5.41) is 9.52. The summed E-state index contributed by atoms with van der Waals surface area (Å²) < 4.78 is 5.95. The van der Waals surface area contributed by atoms with Crippen molar-refractivity contribution in [2.24, 2.45) is 5.73 Å². The van der Waals surface area contributed by atoms with Crippen LogP contribution in [0.5, 0.6) is 11.5 Å². The van der Waals surface area contributed by atoms with E-state index in [9.17, 15) is 5.11 Å². The van der Waals surface area contributed by atoms with Crippen molar-refractivity contribution < 1.29 is 9.84 Å². The lowest BCUT2D eigenvalue weighted by atomic mass is 9.93. The van der Waals surface area contributed by atoms with Crippen molar-refractivity contribution in [2.75, 3.05) is 0 Å². The van der Waals surface area contributed by atoms with Gasteiger partial charge in [-0.25, -0.2) is 0 Å². The Morgan fingerprint density at radius 1 is 1.11 bits per heavy atom. The maximum Gasteiger partial charge on any atom is 0.126 e. The number of ether oxygens (including phenoxy) is 1. The molecular weight excluding hydrogens is 226 g/mol. The number of phenolic OH excluding ortho intramolecular Hbond substituents is 1. The summed E-state index contributed by atoms with van der Waals surface area (Å²) in [5.41, 5.74) is 8.18. The van der Waals surface area contributed by atoms with E-state index >= 15 is 0 Å². The first-order valence-electron chi connectivity index (χ1n) is 6.04. The number of nitrogens with two attached hydrogens (primary N) is 1. The zero-order valence-electron chi connectivity index (χ0n) is 9.91. The molecule has 0 spiro atoms. The third-order valence-corrected chi connectivity index (χ3v) is 3.30. The molecule has 18 heavy (non-hydrogen) atoms. The van der Waals surface area contributed by atoms with Gasteiger partial charge in [0, 0.05) is 18.0 Å². The van der Waals surface area contributed by atoms with Gasteiger partial charge in [0.2, 0.25) is 0 Å². The molecule has 0 fully saturated rings. The minimum Gasteiger partial charge on any atom is -0.508 e. The molecule has 1 heterocycles. The van der Waals surface area contributed by atoms with Gasteiger partial charge in [-0.3, -0.25) is 0 Å². The van der Waals surface area contributed by atoms with Crippen LogP contribution in [0.25, 0.3) is 0 Å². The van der Waals surface area contributed by atoms with Crippen LogP contribution >= 0.6 is 0 Å². The second kappa shape index (κ2) is 4.35. The Kier molecular flexibility index (Phi) is 2.68. The van der Waals surface area contributed by atoms with Crippen LogP contribution in [-0.2, 0) is 0 Å². The van der Waals surface area contributed by atoms with E-state index in [0.29, 0.717) is 0 Å². The largest absolute Gasteiger partial charge is 0.508 e. The minimum atomic E-state index is -0.0954. The van der Waals surface area contributed by atoms with Crippen LogP contribution in [0.3, 0.4) is 0 Å². The van der Waals surface area contributed by atoms with Gasteiger partial charge in [0.15, 0.2) is 0 Å². The predicted molar refractivity (Wildman–Crippen MR) is 69.5 cm³/mol. The Hall–Kier alpha value is -2.00. The smallest absolute Gasteiger partial charge is 0.126 e. The van der Waals surface area contributed by atoms with E-state index < -0.39 is 0 Å². The van der Waals surface area contributed by atoms with Crippen LogP contribution in [-0.4, -0.2) is 5.11 Å². The molecule has 0 aromatic heterocycles. The second-order valence-corrected chi connectivity index (χ2v) is 4.58. The average molecular weight is 241 g/mol. The molecule has 3 heteroatoms. The summed E-state index contributed by atoms with van der Waals surface area (Å²) in [6, 6.07) is 15.0. The van der Waals surface area contributed by atoms with Crippen LogP contribution in [0.2, 0.25) is 0 Å². The fraction of sp³-hybridized carbons (Fsp3) is 0.200. The third kappa shape index (κ3) is 1.93. The summed E-state index contributed by atoms with van der Waals surface area (Å²) in [5.74, 6) is 1.09. The topological polar surface area (TPSA) is 55.5 Å². The van der Waals surface area contributed by atoms with Crippen molar-refractivity contribution >= 4 is 0 Å². The summed E-state index contributed by atoms with van der Waals surface area (Å²) in [6.07, 6.45) is 0.627. The lowest BCUT2D eigenvalue weighted by Crippen LogP contribution is -2.23. The fourth-order valence-electron chi connectivity index (χ4n) is 2.38. The average Bonchev–Trinajstić information content (AvgIpc) is 2.39. The Morgan fingerprint density at radius 2 is 1.94 bits per heavy atom. The van der Waals surface area contributed by atoms with Gasteiger partial charge in [0.25, 0.3) is 0 Å². The lowest BCUT2D eigenvalue weighted by Gasteiger charge is -2.30. The normalized spacial score (nSPS) is 22.1. The van der Waals surface area contributed by atoms with Crippen LogP contribution in [0.1, 0.15) is 29.7 Å². The van der Waals surface area contributed by atoms with Crippen LogP contribution in [0.15, 0.2) is 48.5 Å². The van der Waals surface area contributed by atoms with E-state index in [0.717, 1.165) is 23.3 Å². The summed E-state index contributed by atoms with van der Waals surface area (Å²) >= 11 is 0. The molecule has 1 unspecified atom stereocenters. The first-order valence-corrected chi connectivity index (χ1v) is 6.04. The van der Waals surface area contributed by atoms with E-state index in [1.54, 1.807) is 12.1 Å². The molecule has 1 aliphatic rings. The molecule has 0 amide bonds. The van der Waals surface area contributed by atoms with E-state index in [1.807, 2.05) is 36.4 Å². The number of para-hydroxylation sites is 1. The summed E-state index contributed by atoms with van der Waals surface area (Å²) in [7, 11) is 0. The van der Waals surface area contributed by atoms with Gasteiger partial charge in [-0.2, -0.15) is 0 Å².